The number of imide groups is 1. The Hall–Kier alpha value is -3.48. The highest BCUT2D eigenvalue weighted by molar-refractivity contribution is 6.22. The van der Waals surface area contributed by atoms with Crippen LogP contribution in [0, 0.1) is 6.92 Å². The van der Waals surface area contributed by atoms with Gasteiger partial charge in [0.2, 0.25) is 0 Å². The van der Waals surface area contributed by atoms with E-state index in [9.17, 15) is 19.2 Å². The maximum atomic E-state index is 12.4. The molecule has 7 nitrogen and oxygen atoms in total. The van der Waals surface area contributed by atoms with E-state index < -0.39 is 36.3 Å². The molecule has 0 spiro atoms. The average molecular weight is 380 g/mol. The minimum absolute atomic E-state index is 0.253. The molecule has 1 aliphatic rings. The van der Waals surface area contributed by atoms with E-state index in [1.807, 2.05) is 31.2 Å². The second-order valence-electron chi connectivity index (χ2n) is 6.51. The fourth-order valence-corrected chi connectivity index (χ4v) is 2.98. The van der Waals surface area contributed by atoms with Crippen LogP contribution in [0.1, 0.15) is 38.8 Å². The first-order valence-corrected chi connectivity index (χ1v) is 8.85. The number of esters is 1. The van der Waals surface area contributed by atoms with Gasteiger partial charge in [-0.3, -0.25) is 19.3 Å². The molecule has 144 valence electrons. The van der Waals surface area contributed by atoms with Crippen molar-refractivity contribution in [3.05, 3.63) is 70.8 Å². The van der Waals surface area contributed by atoms with Gasteiger partial charge in [-0.05, 0) is 37.1 Å². The first-order chi connectivity index (χ1) is 13.4. The molecule has 0 unspecified atom stereocenters. The van der Waals surface area contributed by atoms with Crippen LogP contribution in [0.3, 0.4) is 0 Å². The normalized spacial score (nSPS) is 13.9. The molecule has 1 heterocycles. The molecule has 1 aliphatic heterocycles. The Morgan fingerprint density at radius 2 is 1.57 bits per heavy atom. The fourth-order valence-electron chi connectivity index (χ4n) is 2.98. The quantitative estimate of drug-likeness (QED) is 0.610. The van der Waals surface area contributed by atoms with E-state index in [-0.39, 0.29) is 11.1 Å². The van der Waals surface area contributed by atoms with E-state index in [1.54, 1.807) is 12.1 Å². The monoisotopic (exact) mass is 380 g/mol. The van der Waals surface area contributed by atoms with Crippen molar-refractivity contribution in [3.63, 3.8) is 0 Å². The van der Waals surface area contributed by atoms with Gasteiger partial charge < -0.3 is 10.1 Å². The van der Waals surface area contributed by atoms with Crippen LogP contribution in [0.15, 0.2) is 48.5 Å². The van der Waals surface area contributed by atoms with E-state index in [2.05, 4.69) is 5.32 Å². The van der Waals surface area contributed by atoms with Crippen LogP contribution in [0.4, 0.5) is 0 Å². The van der Waals surface area contributed by atoms with E-state index in [0.717, 1.165) is 16.0 Å². The molecule has 0 saturated carbocycles. The molecule has 0 saturated heterocycles. The van der Waals surface area contributed by atoms with Crippen LogP contribution < -0.4 is 5.32 Å². The number of fused-ring (bicyclic) bond motifs is 1. The molecule has 0 fully saturated rings. The predicted molar refractivity (Wildman–Crippen MR) is 100 cm³/mol. The van der Waals surface area contributed by atoms with Gasteiger partial charge in [0.15, 0.2) is 6.61 Å². The summed E-state index contributed by atoms with van der Waals surface area (Å²) in [5, 5.41) is 2.67. The second-order valence-corrected chi connectivity index (χ2v) is 6.51. The van der Waals surface area contributed by atoms with Gasteiger partial charge in [-0.25, -0.2) is 4.79 Å². The lowest BCUT2D eigenvalue weighted by Gasteiger charge is -2.20. The van der Waals surface area contributed by atoms with Crippen molar-refractivity contribution in [1.29, 1.82) is 0 Å². The summed E-state index contributed by atoms with van der Waals surface area (Å²) in [5.41, 5.74) is 2.51. The van der Waals surface area contributed by atoms with Crippen molar-refractivity contribution in [1.82, 2.24) is 10.2 Å². The predicted octanol–water partition coefficient (Wildman–Crippen LogP) is 1.84. The lowest BCUT2D eigenvalue weighted by atomic mass is 10.1. The van der Waals surface area contributed by atoms with Crippen molar-refractivity contribution < 1.29 is 23.9 Å². The smallest absolute Gasteiger partial charge is 0.329 e. The van der Waals surface area contributed by atoms with Crippen molar-refractivity contribution in [2.24, 2.45) is 0 Å². The zero-order valence-corrected chi connectivity index (χ0v) is 15.6. The minimum atomic E-state index is -1.13. The van der Waals surface area contributed by atoms with E-state index in [4.69, 9.17) is 4.74 Å². The van der Waals surface area contributed by atoms with Gasteiger partial charge in [0, 0.05) is 6.54 Å². The molecule has 0 bridgehead atoms. The molecular formula is C21H20N2O5. The summed E-state index contributed by atoms with van der Waals surface area (Å²) in [5.74, 6) is -2.38. The summed E-state index contributed by atoms with van der Waals surface area (Å²) in [6.45, 7) is 3.16. The molecular weight excluding hydrogens is 360 g/mol. The zero-order chi connectivity index (χ0) is 20.3. The maximum absolute atomic E-state index is 12.4. The molecule has 2 aromatic carbocycles. The third-order valence-corrected chi connectivity index (χ3v) is 4.64. The fraction of sp³-hybridized carbons (Fsp3) is 0.238. The number of carbonyl (C=O) groups excluding carboxylic acids is 4. The number of nitrogens with zero attached hydrogens (tertiary/aromatic N) is 1. The summed E-state index contributed by atoms with van der Waals surface area (Å²) in [6.07, 6.45) is 0. The van der Waals surface area contributed by atoms with Crippen molar-refractivity contribution >= 4 is 23.7 Å². The highest BCUT2D eigenvalue weighted by Gasteiger charge is 2.41. The number of carbonyl (C=O) groups is 4. The van der Waals surface area contributed by atoms with Gasteiger partial charge in [0.25, 0.3) is 17.7 Å². The summed E-state index contributed by atoms with van der Waals surface area (Å²) in [7, 11) is 0. The van der Waals surface area contributed by atoms with Gasteiger partial charge in [0.05, 0.1) is 11.1 Å². The number of nitrogens with one attached hydrogen (secondary N) is 1. The Morgan fingerprint density at radius 3 is 2.18 bits per heavy atom. The largest absolute Gasteiger partial charge is 0.454 e. The Balaban J connectivity index is 1.54. The molecule has 1 N–H and O–H groups in total. The summed E-state index contributed by atoms with van der Waals surface area (Å²) >= 11 is 0. The van der Waals surface area contributed by atoms with Crippen LogP contribution in [-0.4, -0.2) is 41.2 Å². The number of rotatable bonds is 6. The Morgan fingerprint density at radius 1 is 1.00 bits per heavy atom. The average Bonchev–Trinajstić information content (AvgIpc) is 2.95. The third kappa shape index (κ3) is 3.78. The zero-order valence-electron chi connectivity index (χ0n) is 15.6. The van der Waals surface area contributed by atoms with Crippen molar-refractivity contribution in [2.75, 3.05) is 6.61 Å². The molecule has 3 rings (SSSR count). The summed E-state index contributed by atoms with van der Waals surface area (Å²) in [6, 6.07) is 12.8. The van der Waals surface area contributed by atoms with Gasteiger partial charge in [-0.1, -0.05) is 36.4 Å². The number of ether oxygens (including phenoxy) is 1. The molecule has 3 amide bonds. The third-order valence-electron chi connectivity index (χ3n) is 4.64. The number of aryl methyl sites for hydroxylation is 1. The Kier molecular flexibility index (Phi) is 5.54. The van der Waals surface area contributed by atoms with Gasteiger partial charge in [0.1, 0.15) is 6.04 Å². The van der Waals surface area contributed by atoms with Crippen LogP contribution in [0.5, 0.6) is 0 Å². The standard InChI is InChI=1S/C21H20N2O5/c1-13-7-3-4-8-15(13)11-22-18(24)12-28-21(27)14(2)23-19(25)16-9-5-6-10-17(16)20(23)26/h3-10,14H,11-12H2,1-2H3,(H,22,24)/t14-/m0/s1. The number of hydrogen-bond acceptors (Lipinski definition) is 5. The van der Waals surface area contributed by atoms with Crippen LogP contribution in [0.25, 0.3) is 0 Å². The first-order valence-electron chi connectivity index (χ1n) is 8.85. The maximum Gasteiger partial charge on any atom is 0.329 e. The molecule has 7 heteroatoms. The van der Waals surface area contributed by atoms with Crippen LogP contribution in [-0.2, 0) is 20.9 Å². The molecule has 0 aliphatic carbocycles. The first kappa shape index (κ1) is 19.3. The summed E-state index contributed by atoms with van der Waals surface area (Å²) in [4.78, 5) is 49.9. The van der Waals surface area contributed by atoms with Gasteiger partial charge in [-0.2, -0.15) is 0 Å². The summed E-state index contributed by atoms with van der Waals surface area (Å²) < 4.78 is 5.00. The highest BCUT2D eigenvalue weighted by Crippen LogP contribution is 2.24. The Bertz CT molecular complexity index is 918. The molecule has 0 radical (unpaired) electrons. The van der Waals surface area contributed by atoms with Crippen LogP contribution in [0.2, 0.25) is 0 Å². The van der Waals surface area contributed by atoms with E-state index in [0.29, 0.717) is 6.54 Å². The molecule has 1 atom stereocenters. The SMILES string of the molecule is Cc1ccccc1CNC(=O)COC(=O)[C@H](C)N1C(=O)c2ccccc2C1=O. The molecule has 28 heavy (non-hydrogen) atoms. The lowest BCUT2D eigenvalue weighted by molar-refractivity contribution is -0.151. The second kappa shape index (κ2) is 8.04. The number of hydrogen-bond donors (Lipinski definition) is 1. The Labute approximate surface area is 162 Å². The highest BCUT2D eigenvalue weighted by atomic mass is 16.5. The lowest BCUT2D eigenvalue weighted by Crippen LogP contribution is -2.44. The van der Waals surface area contributed by atoms with E-state index >= 15 is 0 Å². The minimum Gasteiger partial charge on any atom is -0.454 e. The number of benzene rings is 2. The molecule has 0 aromatic heterocycles. The van der Waals surface area contributed by atoms with E-state index in [1.165, 1.54) is 19.1 Å². The van der Waals surface area contributed by atoms with Crippen molar-refractivity contribution in [3.8, 4) is 0 Å². The van der Waals surface area contributed by atoms with Crippen LogP contribution >= 0.6 is 0 Å². The topological polar surface area (TPSA) is 92.8 Å². The van der Waals surface area contributed by atoms with Crippen molar-refractivity contribution in [2.45, 2.75) is 26.4 Å². The van der Waals surface area contributed by atoms with Gasteiger partial charge >= 0.3 is 5.97 Å². The van der Waals surface area contributed by atoms with Gasteiger partial charge in [-0.15, -0.1) is 0 Å². The number of amides is 3. The molecule has 2 aromatic rings.